The molecular formula is C22H23NO3S. The van der Waals surface area contributed by atoms with Crippen molar-refractivity contribution in [3.05, 3.63) is 90.0 Å². The van der Waals surface area contributed by atoms with E-state index in [9.17, 15) is 8.42 Å². The topological polar surface area (TPSA) is 46.6 Å². The van der Waals surface area contributed by atoms with Gasteiger partial charge in [0, 0.05) is 5.56 Å². The molecule has 0 aliphatic heterocycles. The first-order valence-electron chi connectivity index (χ1n) is 8.74. The zero-order chi connectivity index (χ0) is 19.4. The van der Waals surface area contributed by atoms with Crippen LogP contribution in [0.5, 0.6) is 5.75 Å². The maximum absolute atomic E-state index is 13.5. The standard InChI is InChI=1S/C22H23NO3S/c1-17-10-9-11-19(16-17)23(27(24,25)20-12-5-4-6-13-20)18(2)21-14-7-8-15-22(21)26-3/h4-16,18H,1-3H3. The number of aryl methyl sites for hydroxylation is 1. The van der Waals surface area contributed by atoms with Crippen LogP contribution in [0.15, 0.2) is 83.8 Å². The Bertz CT molecular complexity index is 1020. The van der Waals surface area contributed by atoms with Gasteiger partial charge in [-0.15, -0.1) is 0 Å². The van der Waals surface area contributed by atoms with Crippen molar-refractivity contribution in [2.75, 3.05) is 11.4 Å². The van der Waals surface area contributed by atoms with E-state index in [-0.39, 0.29) is 4.90 Å². The molecule has 27 heavy (non-hydrogen) atoms. The molecule has 5 heteroatoms. The van der Waals surface area contributed by atoms with E-state index in [1.54, 1.807) is 37.4 Å². The van der Waals surface area contributed by atoms with Crippen LogP contribution in [0.25, 0.3) is 0 Å². The van der Waals surface area contributed by atoms with Gasteiger partial charge in [-0.2, -0.15) is 0 Å². The smallest absolute Gasteiger partial charge is 0.264 e. The lowest BCUT2D eigenvalue weighted by molar-refractivity contribution is 0.407. The van der Waals surface area contributed by atoms with Crippen molar-refractivity contribution in [1.82, 2.24) is 0 Å². The second-order valence-corrected chi connectivity index (χ2v) is 8.19. The van der Waals surface area contributed by atoms with Gasteiger partial charge in [0.1, 0.15) is 5.75 Å². The molecule has 0 aliphatic rings. The summed E-state index contributed by atoms with van der Waals surface area (Å²) >= 11 is 0. The highest BCUT2D eigenvalue weighted by atomic mass is 32.2. The summed E-state index contributed by atoms with van der Waals surface area (Å²) < 4.78 is 34.0. The summed E-state index contributed by atoms with van der Waals surface area (Å²) in [4.78, 5) is 0.258. The fourth-order valence-corrected chi connectivity index (χ4v) is 4.83. The summed E-state index contributed by atoms with van der Waals surface area (Å²) in [5.41, 5.74) is 2.42. The number of rotatable bonds is 6. The van der Waals surface area contributed by atoms with Crippen LogP contribution in [0.1, 0.15) is 24.1 Å². The number of nitrogens with zero attached hydrogens (tertiary/aromatic N) is 1. The van der Waals surface area contributed by atoms with Gasteiger partial charge in [0.2, 0.25) is 0 Å². The van der Waals surface area contributed by atoms with Gasteiger partial charge in [-0.05, 0) is 49.7 Å². The van der Waals surface area contributed by atoms with Gasteiger partial charge < -0.3 is 4.74 Å². The van der Waals surface area contributed by atoms with Gasteiger partial charge in [-0.3, -0.25) is 4.31 Å². The van der Waals surface area contributed by atoms with E-state index in [0.717, 1.165) is 11.1 Å². The van der Waals surface area contributed by atoms with Crippen molar-refractivity contribution in [2.45, 2.75) is 24.8 Å². The molecule has 0 N–H and O–H groups in total. The molecule has 3 aromatic carbocycles. The normalized spacial score (nSPS) is 12.4. The van der Waals surface area contributed by atoms with E-state index in [1.807, 2.05) is 62.4 Å². The number of ether oxygens (including phenoxy) is 1. The third kappa shape index (κ3) is 3.83. The predicted octanol–water partition coefficient (Wildman–Crippen LogP) is 4.96. The molecule has 0 fully saturated rings. The quantitative estimate of drug-likeness (QED) is 0.606. The fourth-order valence-electron chi connectivity index (χ4n) is 3.18. The van der Waals surface area contributed by atoms with E-state index in [4.69, 9.17) is 4.74 Å². The maximum atomic E-state index is 13.5. The molecular weight excluding hydrogens is 358 g/mol. The van der Waals surface area contributed by atoms with Crippen molar-refractivity contribution < 1.29 is 13.2 Å². The minimum atomic E-state index is -3.77. The Kier molecular flexibility index (Phi) is 5.51. The maximum Gasteiger partial charge on any atom is 0.264 e. The molecule has 0 bridgehead atoms. The number of benzene rings is 3. The average Bonchev–Trinajstić information content (AvgIpc) is 2.68. The third-order valence-corrected chi connectivity index (χ3v) is 6.41. The van der Waals surface area contributed by atoms with Crippen LogP contribution in [-0.2, 0) is 10.0 Å². The molecule has 0 heterocycles. The lowest BCUT2D eigenvalue weighted by Gasteiger charge is -2.31. The number of anilines is 1. The summed E-state index contributed by atoms with van der Waals surface area (Å²) in [5.74, 6) is 0.658. The predicted molar refractivity (Wildman–Crippen MR) is 109 cm³/mol. The van der Waals surface area contributed by atoms with Crippen LogP contribution >= 0.6 is 0 Å². The first-order chi connectivity index (χ1) is 12.9. The van der Waals surface area contributed by atoms with Gasteiger partial charge in [0.05, 0.1) is 23.7 Å². The third-order valence-electron chi connectivity index (χ3n) is 4.50. The molecule has 3 rings (SSSR count). The highest BCUT2D eigenvalue weighted by Gasteiger charge is 2.31. The minimum absolute atomic E-state index is 0.258. The molecule has 1 atom stereocenters. The second kappa shape index (κ2) is 7.84. The number of para-hydroxylation sites is 1. The van der Waals surface area contributed by atoms with Gasteiger partial charge in [0.15, 0.2) is 0 Å². The zero-order valence-corrected chi connectivity index (χ0v) is 16.5. The van der Waals surface area contributed by atoms with Gasteiger partial charge in [-0.1, -0.05) is 48.5 Å². The van der Waals surface area contributed by atoms with E-state index in [1.165, 1.54) is 4.31 Å². The number of methoxy groups -OCH3 is 1. The van der Waals surface area contributed by atoms with Crippen molar-refractivity contribution in [2.24, 2.45) is 0 Å². The van der Waals surface area contributed by atoms with E-state index >= 15 is 0 Å². The number of sulfonamides is 1. The van der Waals surface area contributed by atoms with Crippen molar-refractivity contribution in [3.63, 3.8) is 0 Å². The van der Waals surface area contributed by atoms with E-state index in [2.05, 4.69) is 0 Å². The summed E-state index contributed by atoms with van der Waals surface area (Å²) in [5, 5.41) is 0. The van der Waals surface area contributed by atoms with Gasteiger partial charge in [-0.25, -0.2) is 8.42 Å². The first-order valence-corrected chi connectivity index (χ1v) is 10.2. The highest BCUT2D eigenvalue weighted by Crippen LogP contribution is 2.36. The van der Waals surface area contributed by atoms with Crippen LogP contribution in [0.2, 0.25) is 0 Å². The molecule has 0 saturated heterocycles. The Morgan fingerprint density at radius 2 is 1.56 bits per heavy atom. The second-order valence-electron chi connectivity index (χ2n) is 6.37. The van der Waals surface area contributed by atoms with Gasteiger partial charge >= 0.3 is 0 Å². The summed E-state index contributed by atoms with van der Waals surface area (Å²) in [7, 11) is -2.17. The highest BCUT2D eigenvalue weighted by molar-refractivity contribution is 7.92. The summed E-state index contributed by atoms with van der Waals surface area (Å²) in [6.45, 7) is 3.82. The summed E-state index contributed by atoms with van der Waals surface area (Å²) in [6.07, 6.45) is 0. The Labute approximate surface area is 161 Å². The zero-order valence-electron chi connectivity index (χ0n) is 15.7. The van der Waals surface area contributed by atoms with E-state index < -0.39 is 16.1 Å². The fraction of sp³-hybridized carbons (Fsp3) is 0.182. The molecule has 1 unspecified atom stereocenters. The largest absolute Gasteiger partial charge is 0.496 e. The monoisotopic (exact) mass is 381 g/mol. The Balaban J connectivity index is 2.19. The molecule has 0 spiro atoms. The molecule has 0 amide bonds. The minimum Gasteiger partial charge on any atom is -0.496 e. The van der Waals surface area contributed by atoms with Crippen molar-refractivity contribution in [3.8, 4) is 5.75 Å². The van der Waals surface area contributed by atoms with E-state index in [0.29, 0.717) is 11.4 Å². The molecule has 3 aromatic rings. The molecule has 140 valence electrons. The number of hydrogen-bond donors (Lipinski definition) is 0. The first kappa shape index (κ1) is 19.0. The molecule has 0 radical (unpaired) electrons. The van der Waals surface area contributed by atoms with Crippen LogP contribution in [0, 0.1) is 6.92 Å². The SMILES string of the molecule is COc1ccccc1C(C)N(c1cccc(C)c1)S(=O)(=O)c1ccccc1. The summed E-state index contributed by atoms with van der Waals surface area (Å²) in [6, 6.07) is 23.1. The Hall–Kier alpha value is -2.79. The molecule has 0 aliphatic carbocycles. The molecule has 0 saturated carbocycles. The van der Waals surface area contributed by atoms with Crippen molar-refractivity contribution in [1.29, 1.82) is 0 Å². The van der Waals surface area contributed by atoms with Crippen LogP contribution in [0.3, 0.4) is 0 Å². The molecule has 4 nitrogen and oxygen atoms in total. The lowest BCUT2D eigenvalue weighted by atomic mass is 10.1. The van der Waals surface area contributed by atoms with Crippen LogP contribution in [0.4, 0.5) is 5.69 Å². The molecule has 0 aromatic heterocycles. The number of hydrogen-bond acceptors (Lipinski definition) is 3. The van der Waals surface area contributed by atoms with Gasteiger partial charge in [0.25, 0.3) is 10.0 Å². The lowest BCUT2D eigenvalue weighted by Crippen LogP contribution is -2.34. The van der Waals surface area contributed by atoms with Crippen LogP contribution < -0.4 is 9.04 Å². The Morgan fingerprint density at radius 3 is 2.22 bits per heavy atom. The van der Waals surface area contributed by atoms with Crippen molar-refractivity contribution >= 4 is 15.7 Å². The average molecular weight is 381 g/mol. The Morgan fingerprint density at radius 1 is 0.889 bits per heavy atom. The van der Waals surface area contributed by atoms with Crippen LogP contribution in [-0.4, -0.2) is 15.5 Å².